The number of hydrogen-bond donors (Lipinski definition) is 1. The first-order valence-corrected chi connectivity index (χ1v) is 14.7. The van der Waals surface area contributed by atoms with Gasteiger partial charge in [0, 0.05) is 19.1 Å². The average molecular weight is 627 g/mol. The number of nitrogens with one attached hydrogen (secondary N) is 1. The Morgan fingerprint density at radius 2 is 1.40 bits per heavy atom. The van der Waals surface area contributed by atoms with Crippen LogP contribution in [-0.2, 0) is 14.3 Å². The Morgan fingerprint density at radius 1 is 0.822 bits per heavy atom. The van der Waals surface area contributed by atoms with Gasteiger partial charge in [-0.3, -0.25) is 14.4 Å². The van der Waals surface area contributed by atoms with E-state index in [4.69, 9.17) is 14.2 Å². The summed E-state index contributed by atoms with van der Waals surface area (Å²) in [5.41, 5.74) is 1.60. The van der Waals surface area contributed by atoms with E-state index < -0.39 is 24.6 Å². The van der Waals surface area contributed by atoms with Crippen molar-refractivity contribution in [2.24, 2.45) is 0 Å². The van der Waals surface area contributed by atoms with Crippen molar-refractivity contribution in [3.8, 4) is 11.5 Å². The average Bonchev–Trinajstić information content (AvgIpc) is 3.07. The zero-order chi connectivity index (χ0) is 32.4. The maximum Gasteiger partial charge on any atom is 0.422 e. The molecule has 0 radical (unpaired) electrons. The first-order valence-electron chi connectivity index (χ1n) is 14.7. The van der Waals surface area contributed by atoms with Crippen LogP contribution in [0.1, 0.15) is 59.0 Å². The van der Waals surface area contributed by atoms with Crippen molar-refractivity contribution in [3.63, 3.8) is 0 Å². The third-order valence-corrected chi connectivity index (χ3v) is 7.91. The number of carbonyl (C=O) groups excluding carboxylic acids is 3. The van der Waals surface area contributed by atoms with Crippen molar-refractivity contribution in [1.82, 2.24) is 10.2 Å². The van der Waals surface area contributed by atoms with E-state index >= 15 is 0 Å². The predicted octanol–water partition coefficient (Wildman–Crippen LogP) is 5.88. The molecule has 1 aliphatic carbocycles. The smallest absolute Gasteiger partial charge is 0.422 e. The highest BCUT2D eigenvalue weighted by Gasteiger charge is 2.38. The summed E-state index contributed by atoms with van der Waals surface area (Å²) in [5.74, 6) is -1.55. The molecular formula is C34H37F3N2O6. The minimum absolute atomic E-state index is 0.0221. The number of benzene rings is 3. The van der Waals surface area contributed by atoms with Gasteiger partial charge in [0.05, 0.1) is 31.6 Å². The molecule has 3 aromatic rings. The molecular weight excluding hydrogens is 589 g/mol. The molecule has 0 saturated carbocycles. The maximum absolute atomic E-state index is 13.5. The van der Waals surface area contributed by atoms with E-state index in [-0.39, 0.29) is 35.1 Å². The number of esters is 1. The summed E-state index contributed by atoms with van der Waals surface area (Å²) in [5, 5.41) is 2.86. The van der Waals surface area contributed by atoms with Crippen molar-refractivity contribution in [2.45, 2.75) is 49.7 Å². The molecule has 3 aromatic carbocycles. The number of nitrogens with zero attached hydrogens (tertiary/aromatic N) is 1. The third kappa shape index (κ3) is 8.99. The van der Waals surface area contributed by atoms with Gasteiger partial charge in [0.15, 0.2) is 6.61 Å². The minimum Gasteiger partial charge on any atom is -0.497 e. The molecule has 0 aromatic heterocycles. The summed E-state index contributed by atoms with van der Waals surface area (Å²) in [7, 11) is 2.75. The Labute approximate surface area is 260 Å². The van der Waals surface area contributed by atoms with E-state index in [1.165, 1.54) is 32.4 Å². The molecule has 5 rings (SSSR count). The summed E-state index contributed by atoms with van der Waals surface area (Å²) in [6.45, 7) is -0.693. The van der Waals surface area contributed by atoms with Gasteiger partial charge in [-0.15, -0.1) is 0 Å². The number of rotatable bonds is 7. The van der Waals surface area contributed by atoms with E-state index in [0.29, 0.717) is 44.5 Å². The van der Waals surface area contributed by atoms with Gasteiger partial charge in [-0.1, -0.05) is 60.7 Å². The van der Waals surface area contributed by atoms with E-state index in [0.717, 1.165) is 11.1 Å². The van der Waals surface area contributed by atoms with Crippen molar-refractivity contribution >= 4 is 17.8 Å². The zero-order valence-electron chi connectivity index (χ0n) is 25.2. The summed E-state index contributed by atoms with van der Waals surface area (Å²) in [6.07, 6.45) is -2.53. The Morgan fingerprint density at radius 3 is 1.96 bits per heavy atom. The monoisotopic (exact) mass is 626 g/mol. The molecule has 8 nitrogen and oxygen atoms in total. The highest BCUT2D eigenvalue weighted by molar-refractivity contribution is 5.97. The van der Waals surface area contributed by atoms with Gasteiger partial charge in [-0.25, -0.2) is 0 Å². The first kappa shape index (κ1) is 33.4. The molecule has 2 aliphatic rings. The number of piperidine rings is 1. The minimum atomic E-state index is -4.55. The fourth-order valence-electron chi connectivity index (χ4n) is 5.65. The quantitative estimate of drug-likeness (QED) is 0.330. The third-order valence-electron chi connectivity index (χ3n) is 7.91. The van der Waals surface area contributed by atoms with Crippen molar-refractivity contribution in [3.05, 3.63) is 95.6 Å². The van der Waals surface area contributed by atoms with Gasteiger partial charge in [-0.2, -0.15) is 13.2 Å². The SMILES string of the molecule is COC(=O)[C@@H]1CC[C@@H](C(=O)N2CCC(NC(=O)c3cc(OC)ccc3OCC(F)(F)F)CC2)c2ccccc21.c1ccccc1. The fraction of sp³-hybridized carbons (Fsp3) is 0.382. The lowest BCUT2D eigenvalue weighted by molar-refractivity contribution is -0.153. The van der Waals surface area contributed by atoms with Crippen LogP contribution in [0.15, 0.2) is 78.9 Å². The van der Waals surface area contributed by atoms with Crippen molar-refractivity contribution in [2.75, 3.05) is 33.9 Å². The number of halogens is 3. The molecule has 2 atom stereocenters. The largest absolute Gasteiger partial charge is 0.497 e. The summed E-state index contributed by atoms with van der Waals surface area (Å²) in [4.78, 5) is 40.5. The van der Waals surface area contributed by atoms with Crippen LogP contribution in [0.2, 0.25) is 0 Å². The van der Waals surface area contributed by atoms with Crippen LogP contribution in [-0.4, -0.2) is 68.8 Å². The fourth-order valence-corrected chi connectivity index (χ4v) is 5.65. The molecule has 45 heavy (non-hydrogen) atoms. The van der Waals surface area contributed by atoms with Crippen LogP contribution in [0.4, 0.5) is 13.2 Å². The molecule has 2 amide bonds. The van der Waals surface area contributed by atoms with Gasteiger partial charge in [-0.05, 0) is 55.0 Å². The molecule has 0 spiro atoms. The Hall–Kier alpha value is -4.54. The summed E-state index contributed by atoms with van der Waals surface area (Å²) < 4.78 is 53.0. The molecule has 1 saturated heterocycles. The number of amides is 2. The van der Waals surface area contributed by atoms with E-state index in [1.54, 1.807) is 4.90 Å². The molecule has 1 heterocycles. The van der Waals surface area contributed by atoms with E-state index in [1.807, 2.05) is 60.7 Å². The van der Waals surface area contributed by atoms with Gasteiger partial charge in [0.1, 0.15) is 11.5 Å². The molecule has 1 N–H and O–H groups in total. The standard InChI is InChI=1S/C28H31F3N2O6.C6H6/c1-37-18-7-10-24(39-16-28(29,30)31)23(15-18)25(34)32-17-11-13-33(14-12-17)26(35)21-8-9-22(27(36)38-2)20-6-4-3-5-19(20)21;1-2-4-6-5-3-1/h3-7,10,15,17,21-22H,8-9,11-14,16H2,1-2H3,(H,32,34);1-6H/t21-,22-;/m1./s1. The molecule has 240 valence electrons. The Bertz CT molecular complexity index is 1410. The summed E-state index contributed by atoms with van der Waals surface area (Å²) in [6, 6.07) is 23.2. The van der Waals surface area contributed by atoms with Gasteiger partial charge in [0.2, 0.25) is 5.91 Å². The summed E-state index contributed by atoms with van der Waals surface area (Å²) >= 11 is 0. The number of methoxy groups -OCH3 is 2. The predicted molar refractivity (Wildman–Crippen MR) is 161 cm³/mol. The number of ether oxygens (including phenoxy) is 3. The van der Waals surface area contributed by atoms with Crippen LogP contribution in [0, 0.1) is 0 Å². The van der Waals surface area contributed by atoms with Gasteiger partial charge in [0.25, 0.3) is 5.91 Å². The van der Waals surface area contributed by atoms with Crippen LogP contribution in [0.5, 0.6) is 11.5 Å². The number of likely N-dealkylation sites (tertiary alicyclic amines) is 1. The van der Waals surface area contributed by atoms with Crippen molar-refractivity contribution < 1.29 is 41.8 Å². The van der Waals surface area contributed by atoms with Gasteiger partial charge >= 0.3 is 12.1 Å². The lowest BCUT2D eigenvalue weighted by Crippen LogP contribution is -2.48. The maximum atomic E-state index is 13.5. The zero-order valence-corrected chi connectivity index (χ0v) is 25.2. The lowest BCUT2D eigenvalue weighted by Gasteiger charge is -2.37. The topological polar surface area (TPSA) is 94.2 Å². The van der Waals surface area contributed by atoms with Crippen LogP contribution >= 0.6 is 0 Å². The molecule has 0 unspecified atom stereocenters. The van der Waals surface area contributed by atoms with E-state index in [2.05, 4.69) is 5.32 Å². The van der Waals surface area contributed by atoms with Crippen molar-refractivity contribution in [1.29, 1.82) is 0 Å². The first-order chi connectivity index (χ1) is 21.6. The van der Waals surface area contributed by atoms with E-state index in [9.17, 15) is 27.6 Å². The highest BCUT2D eigenvalue weighted by atomic mass is 19.4. The highest BCUT2D eigenvalue weighted by Crippen LogP contribution is 2.40. The molecule has 11 heteroatoms. The second-order valence-electron chi connectivity index (χ2n) is 10.8. The second kappa shape index (κ2) is 15.5. The molecule has 0 bridgehead atoms. The normalized spacial score (nSPS) is 18.0. The van der Waals surface area contributed by atoms with Gasteiger partial charge < -0.3 is 24.4 Å². The second-order valence-corrected chi connectivity index (χ2v) is 10.8. The Kier molecular flexibility index (Phi) is 11.5. The number of carbonyl (C=O) groups is 3. The van der Waals surface area contributed by atoms with Crippen LogP contribution in [0.25, 0.3) is 0 Å². The Balaban J connectivity index is 0.000000687. The number of fused-ring (bicyclic) bond motifs is 1. The molecule has 1 aliphatic heterocycles. The number of hydrogen-bond acceptors (Lipinski definition) is 6. The lowest BCUT2D eigenvalue weighted by atomic mass is 9.76. The molecule has 1 fully saturated rings. The van der Waals surface area contributed by atoms with Crippen LogP contribution < -0.4 is 14.8 Å². The van der Waals surface area contributed by atoms with Crippen LogP contribution in [0.3, 0.4) is 0 Å². The number of alkyl halides is 3.